The number of hydrogen-bond acceptors (Lipinski definition) is 1. The van der Waals surface area contributed by atoms with E-state index in [0.717, 1.165) is 0 Å². The topological polar surface area (TPSA) is 17.1 Å². The minimum Gasteiger partial charge on any atom is -0.299 e. The third-order valence-electron chi connectivity index (χ3n) is 1.77. The smallest absolute Gasteiger partial charge is 0.141 e. The second kappa shape index (κ2) is 4.91. The van der Waals surface area contributed by atoms with E-state index in [9.17, 15) is 9.18 Å². The maximum atomic E-state index is 13.1. The van der Waals surface area contributed by atoms with E-state index in [1.807, 2.05) is 0 Å². The molecule has 1 rings (SSSR count). The molecular formula is C11H10ClFO. The molecule has 1 aromatic rings. The summed E-state index contributed by atoms with van der Waals surface area (Å²) in [5, 5.41) is 0.438. The maximum Gasteiger partial charge on any atom is 0.141 e. The van der Waals surface area contributed by atoms with Crippen LogP contribution in [-0.2, 0) is 11.2 Å². The lowest BCUT2D eigenvalue weighted by atomic mass is 10.1. The molecule has 0 spiro atoms. The molecule has 1 nitrogen and oxygen atoms in total. The van der Waals surface area contributed by atoms with Crippen LogP contribution in [0.4, 0.5) is 4.39 Å². The molecule has 0 saturated carbocycles. The molecule has 0 radical (unpaired) electrons. The van der Waals surface area contributed by atoms with Crippen LogP contribution in [0.15, 0.2) is 30.9 Å². The quantitative estimate of drug-likeness (QED) is 0.701. The van der Waals surface area contributed by atoms with Crippen molar-refractivity contribution >= 4 is 17.4 Å². The third-order valence-corrected chi connectivity index (χ3v) is 2.00. The summed E-state index contributed by atoms with van der Waals surface area (Å²) in [7, 11) is 0. The Balaban J connectivity index is 2.80. The lowest BCUT2D eigenvalue weighted by molar-refractivity contribution is -0.117. The number of halogens is 2. The summed E-state index contributed by atoms with van der Waals surface area (Å²) >= 11 is 5.68. The molecule has 0 atom stereocenters. The van der Waals surface area contributed by atoms with Crippen molar-refractivity contribution in [3.05, 3.63) is 47.3 Å². The largest absolute Gasteiger partial charge is 0.299 e. The van der Waals surface area contributed by atoms with Crippen LogP contribution in [0.1, 0.15) is 12.0 Å². The Bertz CT molecular complexity index is 360. The molecule has 0 bridgehead atoms. The minimum atomic E-state index is -0.396. The summed E-state index contributed by atoms with van der Waals surface area (Å²) in [5.74, 6) is -0.465. The summed E-state index contributed by atoms with van der Waals surface area (Å²) in [6.07, 6.45) is 1.83. The zero-order valence-electron chi connectivity index (χ0n) is 7.59. The van der Waals surface area contributed by atoms with E-state index >= 15 is 0 Å². The van der Waals surface area contributed by atoms with Crippen LogP contribution >= 0.6 is 11.6 Å². The van der Waals surface area contributed by atoms with Gasteiger partial charge in [-0.1, -0.05) is 17.7 Å². The fraction of sp³-hybridized carbons (Fsp3) is 0.182. The van der Waals surface area contributed by atoms with Gasteiger partial charge in [-0.15, -0.1) is 6.58 Å². The average Bonchev–Trinajstić information content (AvgIpc) is 2.12. The zero-order chi connectivity index (χ0) is 10.6. The van der Waals surface area contributed by atoms with E-state index in [0.29, 0.717) is 10.6 Å². The first kappa shape index (κ1) is 10.9. The highest BCUT2D eigenvalue weighted by molar-refractivity contribution is 6.30. The Kier molecular flexibility index (Phi) is 3.84. The van der Waals surface area contributed by atoms with Crippen molar-refractivity contribution in [1.82, 2.24) is 0 Å². The number of Topliss-reactive ketones (excluding diaryl/α,β-unsaturated/α-hetero) is 1. The fourth-order valence-corrected chi connectivity index (χ4v) is 1.32. The monoisotopic (exact) mass is 212 g/mol. The Labute approximate surface area is 87.2 Å². The molecule has 0 aromatic heterocycles. The second-order valence-corrected chi connectivity index (χ2v) is 3.38. The molecular weight excluding hydrogens is 203 g/mol. The minimum absolute atomic E-state index is 0.0679. The number of carbonyl (C=O) groups excluding carboxylic acids is 1. The lowest BCUT2D eigenvalue weighted by Gasteiger charge is -2.01. The fourth-order valence-electron chi connectivity index (χ4n) is 1.12. The number of ketones is 1. The first-order valence-electron chi connectivity index (χ1n) is 4.20. The van der Waals surface area contributed by atoms with E-state index < -0.39 is 5.82 Å². The van der Waals surface area contributed by atoms with Crippen molar-refractivity contribution in [3.8, 4) is 0 Å². The predicted molar refractivity (Wildman–Crippen MR) is 54.9 cm³/mol. The van der Waals surface area contributed by atoms with E-state index in [4.69, 9.17) is 11.6 Å². The van der Waals surface area contributed by atoms with Crippen LogP contribution in [0.5, 0.6) is 0 Å². The molecule has 1 aromatic carbocycles. The summed E-state index contributed by atoms with van der Waals surface area (Å²) in [4.78, 5) is 11.2. The van der Waals surface area contributed by atoms with Gasteiger partial charge < -0.3 is 0 Å². The van der Waals surface area contributed by atoms with Crippen LogP contribution in [0.2, 0.25) is 5.02 Å². The van der Waals surface area contributed by atoms with E-state index in [1.165, 1.54) is 24.3 Å². The van der Waals surface area contributed by atoms with E-state index in [2.05, 4.69) is 6.58 Å². The summed E-state index contributed by atoms with van der Waals surface area (Å²) in [6, 6.07) is 4.19. The Morgan fingerprint density at radius 1 is 1.57 bits per heavy atom. The van der Waals surface area contributed by atoms with Crippen molar-refractivity contribution in [2.75, 3.05) is 0 Å². The average molecular weight is 213 g/mol. The van der Waals surface area contributed by atoms with Gasteiger partial charge in [-0.05, 0) is 23.8 Å². The molecule has 0 unspecified atom stereocenters. The zero-order valence-corrected chi connectivity index (χ0v) is 8.35. The van der Waals surface area contributed by atoms with Crippen LogP contribution in [0.3, 0.4) is 0 Å². The predicted octanol–water partition coefficient (Wildman–Crippen LogP) is 3.17. The molecule has 0 heterocycles. The van der Waals surface area contributed by atoms with Gasteiger partial charge >= 0.3 is 0 Å². The molecule has 0 amide bonds. The van der Waals surface area contributed by atoms with Crippen molar-refractivity contribution in [1.29, 1.82) is 0 Å². The molecule has 0 aliphatic rings. The van der Waals surface area contributed by atoms with Crippen molar-refractivity contribution in [3.63, 3.8) is 0 Å². The number of rotatable bonds is 4. The molecule has 0 fully saturated rings. The van der Waals surface area contributed by atoms with Crippen molar-refractivity contribution in [2.24, 2.45) is 0 Å². The number of benzene rings is 1. The highest BCUT2D eigenvalue weighted by Crippen LogP contribution is 2.15. The van der Waals surface area contributed by atoms with Gasteiger partial charge in [0, 0.05) is 17.9 Å². The first-order valence-corrected chi connectivity index (χ1v) is 4.58. The van der Waals surface area contributed by atoms with Crippen LogP contribution in [0.25, 0.3) is 0 Å². The number of hydrogen-bond donors (Lipinski definition) is 0. The summed E-state index contributed by atoms with van der Waals surface area (Å²) < 4.78 is 13.1. The Hall–Kier alpha value is -1.15. The van der Waals surface area contributed by atoms with Gasteiger partial charge in [0.2, 0.25) is 0 Å². The van der Waals surface area contributed by atoms with Crippen LogP contribution < -0.4 is 0 Å². The summed E-state index contributed by atoms with van der Waals surface area (Å²) in [5.41, 5.74) is 0.337. The van der Waals surface area contributed by atoms with Crippen molar-refractivity contribution < 1.29 is 9.18 Å². The highest BCUT2D eigenvalue weighted by atomic mass is 35.5. The SMILES string of the molecule is C=CCC(=O)Cc1cc(Cl)ccc1F. The normalized spacial score (nSPS) is 9.86. The third kappa shape index (κ3) is 2.96. The molecule has 0 aliphatic heterocycles. The van der Waals surface area contributed by atoms with Crippen LogP contribution in [0, 0.1) is 5.82 Å². The van der Waals surface area contributed by atoms with Gasteiger partial charge in [-0.3, -0.25) is 4.79 Å². The van der Waals surface area contributed by atoms with Gasteiger partial charge in [0.15, 0.2) is 0 Å². The van der Waals surface area contributed by atoms with Crippen LogP contribution in [-0.4, -0.2) is 5.78 Å². The van der Waals surface area contributed by atoms with Gasteiger partial charge in [0.25, 0.3) is 0 Å². The molecule has 14 heavy (non-hydrogen) atoms. The van der Waals surface area contributed by atoms with Gasteiger partial charge in [0.1, 0.15) is 11.6 Å². The van der Waals surface area contributed by atoms with Crippen molar-refractivity contribution in [2.45, 2.75) is 12.8 Å². The van der Waals surface area contributed by atoms with Gasteiger partial charge in [-0.2, -0.15) is 0 Å². The second-order valence-electron chi connectivity index (χ2n) is 2.94. The Morgan fingerprint density at radius 2 is 2.29 bits per heavy atom. The maximum absolute atomic E-state index is 13.1. The standard InChI is InChI=1S/C11H10ClFO/c1-2-3-10(14)7-8-6-9(12)4-5-11(8)13/h2,4-6H,1,3,7H2. The highest BCUT2D eigenvalue weighted by Gasteiger charge is 2.07. The Morgan fingerprint density at radius 3 is 2.93 bits per heavy atom. The molecule has 74 valence electrons. The number of allylic oxidation sites excluding steroid dienone is 1. The van der Waals surface area contributed by atoms with Gasteiger partial charge in [-0.25, -0.2) is 4.39 Å². The van der Waals surface area contributed by atoms with E-state index in [-0.39, 0.29) is 18.6 Å². The molecule has 0 aliphatic carbocycles. The lowest BCUT2D eigenvalue weighted by Crippen LogP contribution is -2.02. The molecule has 0 saturated heterocycles. The van der Waals surface area contributed by atoms with Gasteiger partial charge in [0.05, 0.1) is 0 Å². The number of carbonyl (C=O) groups is 1. The molecule has 0 N–H and O–H groups in total. The molecule has 3 heteroatoms. The summed E-state index contributed by atoms with van der Waals surface area (Å²) in [6.45, 7) is 3.44. The van der Waals surface area contributed by atoms with E-state index in [1.54, 1.807) is 0 Å². The first-order chi connectivity index (χ1) is 6.63.